The Hall–Kier alpha value is -1.43. The Labute approximate surface area is 132 Å². The van der Waals surface area contributed by atoms with E-state index in [0.29, 0.717) is 11.4 Å². The predicted molar refractivity (Wildman–Crippen MR) is 85.9 cm³/mol. The number of aliphatic hydroxyl groups is 1. The fourth-order valence-electron chi connectivity index (χ4n) is 2.39. The molecule has 0 saturated heterocycles. The highest BCUT2D eigenvalue weighted by Gasteiger charge is 2.18. The number of nitrogens with zero attached hydrogens (tertiary/aromatic N) is 3. The van der Waals surface area contributed by atoms with Gasteiger partial charge >= 0.3 is 0 Å². The first-order valence-electron chi connectivity index (χ1n) is 6.81. The zero-order chi connectivity index (χ0) is 15.0. The molecule has 6 heteroatoms. The third-order valence-electron chi connectivity index (χ3n) is 3.60. The van der Waals surface area contributed by atoms with Gasteiger partial charge in [-0.25, -0.2) is 0 Å². The highest BCUT2D eigenvalue weighted by Crippen LogP contribution is 2.28. The molecule has 0 saturated carbocycles. The summed E-state index contributed by atoms with van der Waals surface area (Å²) in [5, 5.41) is 17.5. The van der Waals surface area contributed by atoms with Crippen molar-refractivity contribution in [2.24, 2.45) is 7.05 Å². The number of aryl methyl sites for hydroxylation is 2. The summed E-state index contributed by atoms with van der Waals surface area (Å²) in [7, 11) is 1.85. The van der Waals surface area contributed by atoms with Gasteiger partial charge in [-0.2, -0.15) is 5.10 Å². The Morgan fingerprint density at radius 2 is 2.29 bits per heavy atom. The molecule has 21 heavy (non-hydrogen) atoms. The Bertz CT molecular complexity index is 780. The second-order valence-electron chi connectivity index (χ2n) is 4.98. The molecule has 0 aliphatic carbocycles. The van der Waals surface area contributed by atoms with Gasteiger partial charge in [0.2, 0.25) is 0 Å². The molecule has 110 valence electrons. The van der Waals surface area contributed by atoms with Gasteiger partial charge in [0.1, 0.15) is 0 Å². The van der Waals surface area contributed by atoms with Gasteiger partial charge in [-0.05, 0) is 23.9 Å². The average molecular weight is 322 g/mol. The fourth-order valence-corrected chi connectivity index (χ4v) is 3.55. The second-order valence-corrected chi connectivity index (χ2v) is 6.30. The zero-order valence-corrected chi connectivity index (χ0v) is 13.4. The monoisotopic (exact) mass is 321 g/mol. The maximum Gasteiger partial charge on any atom is 0.0861 e. The number of halogens is 1. The summed E-state index contributed by atoms with van der Waals surface area (Å²) >= 11 is 7.95. The van der Waals surface area contributed by atoms with Gasteiger partial charge in [-0.15, -0.1) is 11.3 Å². The Kier molecular flexibility index (Phi) is 3.97. The highest BCUT2D eigenvalue weighted by molar-refractivity contribution is 7.17. The summed E-state index contributed by atoms with van der Waals surface area (Å²) in [6.07, 6.45) is 2.30. The summed E-state index contributed by atoms with van der Waals surface area (Å²) in [5.74, 6) is 0. The van der Waals surface area contributed by atoms with Crippen LogP contribution in [0.3, 0.4) is 0 Å². The van der Waals surface area contributed by atoms with Crippen molar-refractivity contribution in [3.05, 3.63) is 45.7 Å². The topological polar surface area (TPSA) is 50.9 Å². The molecule has 0 aliphatic rings. The van der Waals surface area contributed by atoms with Crippen molar-refractivity contribution in [3.63, 3.8) is 0 Å². The molecule has 0 fully saturated rings. The van der Waals surface area contributed by atoms with Gasteiger partial charge in [0.25, 0.3) is 0 Å². The van der Waals surface area contributed by atoms with E-state index in [-0.39, 0.29) is 0 Å². The van der Waals surface area contributed by atoms with Gasteiger partial charge in [-0.1, -0.05) is 18.5 Å². The molecule has 3 heterocycles. The van der Waals surface area contributed by atoms with E-state index in [1.54, 1.807) is 22.2 Å². The predicted octanol–water partition coefficient (Wildman–Crippen LogP) is 3.52. The van der Waals surface area contributed by atoms with E-state index in [4.69, 9.17) is 11.6 Å². The number of rotatable bonds is 4. The van der Waals surface area contributed by atoms with Crippen molar-refractivity contribution in [1.29, 1.82) is 0 Å². The minimum Gasteiger partial charge on any atom is -0.388 e. The van der Waals surface area contributed by atoms with Gasteiger partial charge in [0, 0.05) is 25.2 Å². The number of aliphatic hydroxyl groups excluding tert-OH is 1. The maximum absolute atomic E-state index is 10.5. The fraction of sp³-hybridized carbons (Fsp3) is 0.333. The minimum absolute atomic E-state index is 0.431. The van der Waals surface area contributed by atoms with Crippen LogP contribution in [0.2, 0.25) is 5.02 Å². The van der Waals surface area contributed by atoms with Gasteiger partial charge in [0.05, 0.1) is 32.7 Å². The standard InChI is InChI=1S/C15H16ClN3OS/c1-3-10-15(16)12(19(2)18-10)7-13(20)9-6-14-11(17-8-9)4-5-21-14/h4-6,8,13,20H,3,7H2,1-2H3. The van der Waals surface area contributed by atoms with Crippen LogP contribution >= 0.6 is 22.9 Å². The molecule has 3 rings (SSSR count). The average Bonchev–Trinajstić information content (AvgIpc) is 3.05. The van der Waals surface area contributed by atoms with Crippen LogP contribution in [-0.2, 0) is 19.9 Å². The highest BCUT2D eigenvalue weighted by atomic mass is 35.5. The Morgan fingerprint density at radius 1 is 1.48 bits per heavy atom. The number of hydrogen-bond donors (Lipinski definition) is 1. The third kappa shape index (κ3) is 2.69. The summed E-state index contributed by atoms with van der Waals surface area (Å²) in [5.41, 5.74) is 3.49. The molecule has 4 nitrogen and oxygen atoms in total. The molecule has 1 atom stereocenters. The molecule has 0 radical (unpaired) electrons. The van der Waals surface area contributed by atoms with Crippen LogP contribution in [0.1, 0.15) is 30.0 Å². The van der Waals surface area contributed by atoms with Gasteiger partial charge < -0.3 is 5.11 Å². The van der Waals surface area contributed by atoms with Crippen molar-refractivity contribution in [3.8, 4) is 0 Å². The SMILES string of the molecule is CCc1nn(C)c(CC(O)c2cnc3ccsc3c2)c1Cl. The van der Waals surface area contributed by atoms with E-state index in [0.717, 1.165) is 33.6 Å². The van der Waals surface area contributed by atoms with Crippen molar-refractivity contribution in [2.75, 3.05) is 0 Å². The summed E-state index contributed by atoms with van der Waals surface area (Å²) in [4.78, 5) is 4.37. The molecule has 0 spiro atoms. The van der Waals surface area contributed by atoms with Crippen LogP contribution in [-0.4, -0.2) is 19.9 Å². The van der Waals surface area contributed by atoms with Crippen LogP contribution in [0.5, 0.6) is 0 Å². The summed E-state index contributed by atoms with van der Waals surface area (Å²) in [6.45, 7) is 2.02. The molecule has 0 aliphatic heterocycles. The van der Waals surface area contributed by atoms with E-state index >= 15 is 0 Å². The third-order valence-corrected chi connectivity index (χ3v) is 4.89. The zero-order valence-electron chi connectivity index (χ0n) is 11.9. The lowest BCUT2D eigenvalue weighted by atomic mass is 10.1. The lowest BCUT2D eigenvalue weighted by Crippen LogP contribution is -2.07. The van der Waals surface area contributed by atoms with E-state index < -0.39 is 6.10 Å². The van der Waals surface area contributed by atoms with Crippen molar-refractivity contribution < 1.29 is 5.11 Å². The molecule has 0 bridgehead atoms. The molecule has 0 amide bonds. The largest absolute Gasteiger partial charge is 0.388 e. The molecular formula is C15H16ClN3OS. The number of aromatic nitrogens is 3. The van der Waals surface area contributed by atoms with Crippen molar-refractivity contribution >= 4 is 33.2 Å². The van der Waals surface area contributed by atoms with E-state index in [2.05, 4.69) is 10.1 Å². The molecule has 1 unspecified atom stereocenters. The molecule has 0 aromatic carbocycles. The first-order chi connectivity index (χ1) is 10.1. The van der Waals surface area contributed by atoms with Crippen LogP contribution in [0.25, 0.3) is 10.2 Å². The van der Waals surface area contributed by atoms with Crippen molar-refractivity contribution in [2.45, 2.75) is 25.9 Å². The van der Waals surface area contributed by atoms with E-state index in [9.17, 15) is 5.11 Å². The smallest absolute Gasteiger partial charge is 0.0861 e. The normalized spacial score (nSPS) is 13.0. The van der Waals surface area contributed by atoms with Crippen LogP contribution in [0.15, 0.2) is 23.7 Å². The van der Waals surface area contributed by atoms with Crippen molar-refractivity contribution in [1.82, 2.24) is 14.8 Å². The first kappa shape index (κ1) is 14.5. The quantitative estimate of drug-likeness (QED) is 0.800. The van der Waals surface area contributed by atoms with Crippen LogP contribution in [0, 0.1) is 0 Å². The molecule has 3 aromatic heterocycles. The van der Waals surface area contributed by atoms with E-state index in [1.807, 2.05) is 31.5 Å². The minimum atomic E-state index is -0.637. The van der Waals surface area contributed by atoms with Crippen LogP contribution in [0.4, 0.5) is 0 Å². The molecule has 3 aromatic rings. The summed E-state index contributed by atoms with van der Waals surface area (Å²) in [6, 6.07) is 3.96. The lowest BCUT2D eigenvalue weighted by Gasteiger charge is -2.11. The van der Waals surface area contributed by atoms with Gasteiger partial charge in [0.15, 0.2) is 0 Å². The Morgan fingerprint density at radius 3 is 3.00 bits per heavy atom. The Balaban J connectivity index is 1.88. The van der Waals surface area contributed by atoms with E-state index in [1.165, 1.54) is 0 Å². The van der Waals surface area contributed by atoms with Crippen LogP contribution < -0.4 is 0 Å². The lowest BCUT2D eigenvalue weighted by molar-refractivity contribution is 0.175. The first-order valence-corrected chi connectivity index (χ1v) is 8.07. The number of pyridine rings is 1. The summed E-state index contributed by atoms with van der Waals surface area (Å²) < 4.78 is 2.83. The van der Waals surface area contributed by atoms with Gasteiger partial charge in [-0.3, -0.25) is 9.67 Å². The number of thiophene rings is 1. The number of hydrogen-bond acceptors (Lipinski definition) is 4. The molecular weight excluding hydrogens is 306 g/mol. The number of fused-ring (bicyclic) bond motifs is 1. The molecule has 1 N–H and O–H groups in total. The second kappa shape index (κ2) is 5.75. The maximum atomic E-state index is 10.5.